The number of anilines is 3. The summed E-state index contributed by atoms with van der Waals surface area (Å²) in [6.45, 7) is 4.13. The van der Waals surface area contributed by atoms with E-state index >= 15 is 0 Å². The van der Waals surface area contributed by atoms with Crippen molar-refractivity contribution >= 4 is 29.4 Å². The lowest BCUT2D eigenvalue weighted by atomic mass is 10.1. The number of hydrogen-bond acceptors (Lipinski definition) is 9. The maximum atomic E-state index is 12.8. The Morgan fingerprint density at radius 2 is 1.70 bits per heavy atom. The quantitative estimate of drug-likeness (QED) is 0.396. The largest absolute Gasteiger partial charge is 0.492 e. The first-order valence-electron chi connectivity index (χ1n) is 13.9. The third-order valence-electron chi connectivity index (χ3n) is 6.33. The molecule has 7 rings (SSSR count). The maximum absolute atomic E-state index is 12.8. The van der Waals surface area contributed by atoms with Crippen molar-refractivity contribution in [1.29, 1.82) is 0 Å². The zero-order valence-corrected chi connectivity index (χ0v) is 23.9. The molecule has 3 N–H and O–H groups in total. The molecule has 0 saturated carbocycles. The fourth-order valence-corrected chi connectivity index (χ4v) is 4.12. The molecule has 4 aliphatic heterocycles. The van der Waals surface area contributed by atoms with Crippen molar-refractivity contribution in [3.8, 4) is 11.8 Å². The van der Waals surface area contributed by atoms with E-state index in [1.165, 1.54) is 0 Å². The van der Waals surface area contributed by atoms with Crippen LogP contribution in [-0.2, 0) is 11.3 Å². The van der Waals surface area contributed by atoms with Gasteiger partial charge in [-0.15, -0.1) is 0 Å². The van der Waals surface area contributed by atoms with E-state index in [9.17, 15) is 22.8 Å². The number of carbonyl (C=O) groups excluding carboxylic acids is 2. The zero-order chi connectivity index (χ0) is 30.8. The number of nitrogens with one attached hydrogen (secondary N) is 3. The van der Waals surface area contributed by atoms with Crippen LogP contribution in [0.2, 0.25) is 0 Å². The number of amides is 2. The lowest BCUT2D eigenvalue weighted by Gasteiger charge is -2.24. The van der Waals surface area contributed by atoms with Crippen molar-refractivity contribution in [2.75, 3.05) is 43.5 Å². The molecule has 0 aliphatic carbocycles. The Bertz CT molecular complexity index is 1370. The van der Waals surface area contributed by atoms with Gasteiger partial charge in [0.05, 0.1) is 6.54 Å². The number of rotatable bonds is 3. The molecular weight excluding hydrogens is 567 g/mol. The Labute approximate surface area is 247 Å². The monoisotopic (exact) mass is 601 g/mol. The average molecular weight is 602 g/mol. The molecule has 0 spiro atoms. The topological polar surface area (TPSA) is 131 Å². The number of carbonyl (C=O) groups is 2. The molecule has 11 nitrogen and oxygen atoms in total. The van der Waals surface area contributed by atoms with Crippen LogP contribution in [0.15, 0.2) is 48.5 Å². The van der Waals surface area contributed by atoms with E-state index in [2.05, 4.69) is 30.9 Å². The fourth-order valence-electron chi connectivity index (χ4n) is 4.12. The normalized spacial score (nSPS) is 15.1. The molecule has 0 radical (unpaired) electrons. The standard InChI is InChI=1S/C29H34F3N7O4/c1-19(2)25(41)39-14-4-3-13-33-24(40)21-7-9-22(10-8-21)35-27-36-26(37-28(38-27)43-18-29(30,31)32)34-17-20-5-11-23(12-6-20)42-16-15-39/h5-12,19H,3-4,13-18H2,1-2H3,(H,33,40)(H2,34,35,36,37,38). The number of benzene rings is 2. The molecule has 43 heavy (non-hydrogen) atoms. The predicted octanol–water partition coefficient (Wildman–Crippen LogP) is 4.56. The van der Waals surface area contributed by atoms with Crippen LogP contribution in [0.1, 0.15) is 42.6 Å². The second-order valence-electron chi connectivity index (χ2n) is 10.2. The lowest BCUT2D eigenvalue weighted by molar-refractivity contribution is -0.154. The summed E-state index contributed by atoms with van der Waals surface area (Å²) in [5.41, 5.74) is 1.75. The van der Waals surface area contributed by atoms with E-state index in [0.717, 1.165) is 5.56 Å². The summed E-state index contributed by atoms with van der Waals surface area (Å²) in [5, 5.41) is 8.76. The fraction of sp³-hybridized carbons (Fsp3) is 0.414. The molecule has 0 atom stereocenters. The highest BCUT2D eigenvalue weighted by Crippen LogP contribution is 2.21. The second kappa shape index (κ2) is 14.5. The van der Waals surface area contributed by atoms with Gasteiger partial charge in [-0.3, -0.25) is 9.59 Å². The number of halogens is 3. The molecule has 1 aromatic heterocycles. The summed E-state index contributed by atoms with van der Waals surface area (Å²) >= 11 is 0. The first kappa shape index (κ1) is 31.3. The van der Waals surface area contributed by atoms with Gasteiger partial charge in [-0.25, -0.2) is 0 Å². The highest BCUT2D eigenvalue weighted by atomic mass is 19.4. The Hall–Kier alpha value is -4.62. The number of hydrogen-bond donors (Lipinski definition) is 3. The van der Waals surface area contributed by atoms with E-state index in [4.69, 9.17) is 9.47 Å². The maximum Gasteiger partial charge on any atom is 0.422 e. The first-order chi connectivity index (χ1) is 20.6. The van der Waals surface area contributed by atoms with Gasteiger partial charge in [0.1, 0.15) is 12.4 Å². The van der Waals surface area contributed by atoms with Crippen molar-refractivity contribution in [1.82, 2.24) is 25.2 Å². The minimum absolute atomic E-state index is 0.00429. The number of nitrogens with zero attached hydrogens (tertiary/aromatic N) is 4. The minimum Gasteiger partial charge on any atom is -0.492 e. The third kappa shape index (κ3) is 10.0. The molecule has 2 amide bonds. The molecule has 0 unspecified atom stereocenters. The van der Waals surface area contributed by atoms with Crippen LogP contribution in [0, 0.1) is 5.92 Å². The number of ether oxygens (including phenoxy) is 2. The van der Waals surface area contributed by atoms with E-state index in [1.807, 2.05) is 26.0 Å². The summed E-state index contributed by atoms with van der Waals surface area (Å²) in [5.74, 6) is 0.203. The summed E-state index contributed by atoms with van der Waals surface area (Å²) in [6, 6.07) is 13.2. The summed E-state index contributed by atoms with van der Waals surface area (Å²) in [6.07, 6.45) is -3.18. The summed E-state index contributed by atoms with van der Waals surface area (Å²) < 4.78 is 49.0. The number of alkyl halides is 3. The Morgan fingerprint density at radius 3 is 2.40 bits per heavy atom. The van der Waals surface area contributed by atoms with Crippen molar-refractivity contribution in [2.24, 2.45) is 5.92 Å². The molecule has 5 heterocycles. The van der Waals surface area contributed by atoms with Crippen LogP contribution in [0.5, 0.6) is 11.8 Å². The summed E-state index contributed by atoms with van der Waals surface area (Å²) in [7, 11) is 0. The summed E-state index contributed by atoms with van der Waals surface area (Å²) in [4.78, 5) is 39.3. The Balaban J connectivity index is 1.55. The molecule has 14 heteroatoms. The Kier molecular flexibility index (Phi) is 10.6. The SMILES string of the molecule is CC(C)C(=O)N1CCCCNC(=O)c2ccc(cc2)Nc2nc(nc(OCC(F)(F)F)n2)NCc2ccc(cc2)OCC1. The van der Waals surface area contributed by atoms with Crippen molar-refractivity contribution < 1.29 is 32.2 Å². The molecular formula is C29H34F3N7O4. The molecule has 230 valence electrons. The van der Waals surface area contributed by atoms with Crippen LogP contribution >= 0.6 is 0 Å². The molecule has 6 bridgehead atoms. The zero-order valence-electron chi connectivity index (χ0n) is 23.9. The number of aromatic nitrogens is 3. The molecule has 2 aromatic carbocycles. The molecule has 0 fully saturated rings. The lowest BCUT2D eigenvalue weighted by Crippen LogP contribution is -2.38. The van der Waals surface area contributed by atoms with Gasteiger partial charge in [0, 0.05) is 36.8 Å². The van der Waals surface area contributed by atoms with E-state index in [1.54, 1.807) is 41.3 Å². The van der Waals surface area contributed by atoms with Gasteiger partial charge in [-0.05, 0) is 54.8 Å². The van der Waals surface area contributed by atoms with Crippen LogP contribution in [0.4, 0.5) is 30.8 Å². The van der Waals surface area contributed by atoms with Gasteiger partial charge >= 0.3 is 12.2 Å². The highest BCUT2D eigenvalue weighted by molar-refractivity contribution is 5.94. The van der Waals surface area contributed by atoms with Crippen molar-refractivity contribution in [3.63, 3.8) is 0 Å². The minimum atomic E-state index is -4.57. The average Bonchev–Trinajstić information content (AvgIpc) is 2.97. The van der Waals surface area contributed by atoms with Crippen molar-refractivity contribution in [3.05, 3.63) is 59.7 Å². The third-order valence-corrected chi connectivity index (χ3v) is 6.33. The van der Waals surface area contributed by atoms with Gasteiger partial charge < -0.3 is 30.3 Å². The van der Waals surface area contributed by atoms with E-state index in [-0.39, 0.29) is 36.2 Å². The second-order valence-corrected chi connectivity index (χ2v) is 10.2. The highest BCUT2D eigenvalue weighted by Gasteiger charge is 2.29. The van der Waals surface area contributed by atoms with Gasteiger partial charge in [0.25, 0.3) is 5.91 Å². The van der Waals surface area contributed by atoms with Crippen LogP contribution in [0.3, 0.4) is 0 Å². The van der Waals surface area contributed by atoms with Crippen molar-refractivity contribution in [2.45, 2.75) is 39.4 Å². The smallest absolute Gasteiger partial charge is 0.422 e. The molecule has 3 aromatic rings. The van der Waals surface area contributed by atoms with Crippen LogP contribution in [-0.4, -0.2) is 70.7 Å². The van der Waals surface area contributed by atoms with Gasteiger partial charge in [0.2, 0.25) is 17.8 Å². The van der Waals surface area contributed by atoms with Gasteiger partial charge in [0.15, 0.2) is 6.61 Å². The van der Waals surface area contributed by atoms with Gasteiger partial charge in [-0.2, -0.15) is 28.1 Å². The predicted molar refractivity (Wildman–Crippen MR) is 153 cm³/mol. The van der Waals surface area contributed by atoms with E-state index < -0.39 is 18.8 Å². The Morgan fingerprint density at radius 1 is 0.977 bits per heavy atom. The molecule has 4 aliphatic rings. The van der Waals surface area contributed by atoms with Crippen LogP contribution < -0.4 is 25.4 Å². The first-order valence-corrected chi connectivity index (χ1v) is 13.9. The van der Waals surface area contributed by atoms with Gasteiger partial charge in [-0.1, -0.05) is 26.0 Å². The van der Waals surface area contributed by atoms with E-state index in [0.29, 0.717) is 56.1 Å². The molecule has 0 saturated heterocycles. The van der Waals surface area contributed by atoms with Crippen LogP contribution in [0.25, 0.3) is 0 Å².